The van der Waals surface area contributed by atoms with Crippen LogP contribution >= 0.6 is 0 Å². The van der Waals surface area contributed by atoms with Gasteiger partial charge < -0.3 is 15.2 Å². The number of nitrogens with zero attached hydrogens (tertiary/aromatic N) is 1. The molecule has 0 aliphatic heterocycles. The summed E-state index contributed by atoms with van der Waals surface area (Å²) in [5, 5.41) is 10.8. The number of alkyl halides is 2. The van der Waals surface area contributed by atoms with Crippen LogP contribution in [0, 0.1) is 0 Å². The van der Waals surface area contributed by atoms with Crippen LogP contribution in [-0.4, -0.2) is 41.5 Å². The third-order valence-electron chi connectivity index (χ3n) is 2.39. The van der Waals surface area contributed by atoms with Gasteiger partial charge in [0.05, 0.1) is 12.2 Å². The summed E-state index contributed by atoms with van der Waals surface area (Å²) in [6, 6.07) is -0.193. The largest absolute Gasteiger partial charge is 0.480 e. The smallest absolute Gasteiger partial charge is 0.326 e. The Morgan fingerprint density at radius 2 is 2.15 bits per heavy atom. The number of halogens is 2. The number of pyridine rings is 1. The second kappa shape index (κ2) is 7.49. The number of carboxylic acid groups (broad SMARTS) is 1. The molecular formula is C12H14F2N2O4. The van der Waals surface area contributed by atoms with Crippen LogP contribution in [-0.2, 0) is 16.1 Å². The molecule has 8 heteroatoms. The third-order valence-corrected chi connectivity index (χ3v) is 2.39. The molecule has 0 spiro atoms. The molecule has 1 unspecified atom stereocenters. The van der Waals surface area contributed by atoms with Gasteiger partial charge in [0.15, 0.2) is 0 Å². The second-order valence-electron chi connectivity index (χ2n) is 4.01. The highest BCUT2D eigenvalue weighted by Crippen LogP contribution is 2.08. The summed E-state index contributed by atoms with van der Waals surface area (Å²) in [6.07, 6.45) is -1.08. The topological polar surface area (TPSA) is 88.5 Å². The van der Waals surface area contributed by atoms with Gasteiger partial charge in [-0.15, -0.1) is 0 Å². The van der Waals surface area contributed by atoms with Gasteiger partial charge in [-0.25, -0.2) is 13.6 Å². The number of carbonyl (C=O) groups excluding carboxylic acids is 1. The van der Waals surface area contributed by atoms with Crippen molar-refractivity contribution >= 4 is 11.9 Å². The van der Waals surface area contributed by atoms with Crippen LogP contribution in [0.3, 0.4) is 0 Å². The molecule has 0 aromatic carbocycles. The van der Waals surface area contributed by atoms with Crippen molar-refractivity contribution in [2.24, 2.45) is 0 Å². The summed E-state index contributed by atoms with van der Waals surface area (Å²) >= 11 is 0. The molecule has 1 amide bonds. The van der Waals surface area contributed by atoms with Crippen molar-refractivity contribution in [1.29, 1.82) is 0 Å². The number of hydrogen-bond donors (Lipinski definition) is 2. The fourth-order valence-electron chi connectivity index (χ4n) is 1.50. The molecule has 0 aliphatic carbocycles. The highest BCUT2D eigenvalue weighted by molar-refractivity contribution is 5.96. The lowest BCUT2D eigenvalue weighted by molar-refractivity contribution is -0.140. The first kappa shape index (κ1) is 16.0. The molecule has 1 aromatic rings. The normalized spacial score (nSPS) is 12.2. The van der Waals surface area contributed by atoms with Crippen molar-refractivity contribution in [1.82, 2.24) is 10.3 Å². The lowest BCUT2D eigenvalue weighted by Crippen LogP contribution is -2.42. The number of rotatable bonds is 7. The molecule has 0 aliphatic rings. The molecule has 1 atom stereocenters. The first-order valence-corrected chi connectivity index (χ1v) is 5.68. The summed E-state index contributed by atoms with van der Waals surface area (Å²) in [4.78, 5) is 26.4. The molecule has 0 radical (unpaired) electrons. The number of carboxylic acids is 1. The molecule has 2 N–H and O–H groups in total. The van der Waals surface area contributed by atoms with Crippen LogP contribution in [0.1, 0.15) is 22.3 Å². The minimum atomic E-state index is -2.82. The maximum atomic E-state index is 12.2. The zero-order chi connectivity index (χ0) is 15.1. The average Bonchev–Trinajstić information content (AvgIpc) is 2.38. The number of carbonyl (C=O) groups is 2. The quantitative estimate of drug-likeness (QED) is 0.783. The Bertz CT molecular complexity index is 482. The van der Waals surface area contributed by atoms with Gasteiger partial charge >= 0.3 is 5.97 Å². The summed E-state index contributed by atoms with van der Waals surface area (Å²) in [5.41, 5.74) is 0.695. The first-order valence-electron chi connectivity index (χ1n) is 5.68. The van der Waals surface area contributed by atoms with E-state index in [4.69, 9.17) is 9.84 Å². The molecule has 0 bridgehead atoms. The summed E-state index contributed by atoms with van der Waals surface area (Å²) < 4.78 is 29.3. The van der Waals surface area contributed by atoms with Gasteiger partial charge in [-0.3, -0.25) is 9.78 Å². The van der Waals surface area contributed by atoms with E-state index in [9.17, 15) is 18.4 Å². The number of amides is 1. The SMILES string of the molecule is COCc1cncc(C(=O)NC(CC(F)F)C(=O)O)c1. The van der Waals surface area contributed by atoms with E-state index < -0.39 is 30.8 Å². The van der Waals surface area contributed by atoms with Crippen molar-refractivity contribution in [2.45, 2.75) is 25.5 Å². The Kier molecular flexibility index (Phi) is 5.98. The second-order valence-corrected chi connectivity index (χ2v) is 4.01. The molecule has 1 heterocycles. The number of ether oxygens (including phenoxy) is 1. The minimum Gasteiger partial charge on any atom is -0.480 e. The van der Waals surface area contributed by atoms with Crippen LogP contribution in [0.5, 0.6) is 0 Å². The van der Waals surface area contributed by atoms with Crippen LogP contribution in [0.15, 0.2) is 18.5 Å². The van der Waals surface area contributed by atoms with Crippen molar-refractivity contribution in [2.75, 3.05) is 7.11 Å². The maximum absolute atomic E-state index is 12.2. The number of nitrogens with one attached hydrogen (secondary N) is 1. The summed E-state index contributed by atoms with van der Waals surface area (Å²) in [5.74, 6) is -2.29. The molecule has 1 rings (SSSR count). The van der Waals surface area contributed by atoms with E-state index in [-0.39, 0.29) is 12.2 Å². The highest BCUT2D eigenvalue weighted by atomic mass is 19.3. The Morgan fingerprint density at radius 1 is 1.45 bits per heavy atom. The van der Waals surface area contributed by atoms with Gasteiger partial charge in [0, 0.05) is 25.9 Å². The fourth-order valence-corrected chi connectivity index (χ4v) is 1.50. The van der Waals surface area contributed by atoms with Crippen LogP contribution in [0.4, 0.5) is 8.78 Å². The molecule has 110 valence electrons. The van der Waals surface area contributed by atoms with E-state index in [0.29, 0.717) is 5.56 Å². The van der Waals surface area contributed by atoms with E-state index in [1.807, 2.05) is 5.32 Å². The van der Waals surface area contributed by atoms with E-state index in [2.05, 4.69) is 4.98 Å². The first-order chi connectivity index (χ1) is 9.43. The Hall–Kier alpha value is -2.09. The molecule has 6 nitrogen and oxygen atoms in total. The van der Waals surface area contributed by atoms with Gasteiger partial charge in [-0.2, -0.15) is 0 Å². The molecule has 0 saturated carbocycles. The number of aromatic nitrogens is 1. The van der Waals surface area contributed by atoms with Crippen LogP contribution in [0.25, 0.3) is 0 Å². The number of methoxy groups -OCH3 is 1. The molecule has 0 fully saturated rings. The zero-order valence-electron chi connectivity index (χ0n) is 10.7. The lowest BCUT2D eigenvalue weighted by atomic mass is 10.1. The third kappa shape index (κ3) is 4.88. The predicted molar refractivity (Wildman–Crippen MR) is 64.5 cm³/mol. The molecule has 20 heavy (non-hydrogen) atoms. The van der Waals surface area contributed by atoms with E-state index in [0.717, 1.165) is 0 Å². The van der Waals surface area contributed by atoms with Crippen LogP contribution in [0.2, 0.25) is 0 Å². The fraction of sp³-hybridized carbons (Fsp3) is 0.417. The predicted octanol–water partition coefficient (Wildman–Crippen LogP) is 1.07. The van der Waals surface area contributed by atoms with Gasteiger partial charge in [0.1, 0.15) is 6.04 Å². The van der Waals surface area contributed by atoms with E-state index in [1.54, 1.807) is 0 Å². The molecular weight excluding hydrogens is 274 g/mol. The lowest BCUT2D eigenvalue weighted by Gasteiger charge is -2.14. The standard InChI is InChI=1S/C12H14F2N2O4/c1-20-6-7-2-8(5-15-4-7)11(17)16-9(12(18)19)3-10(13)14/h2,4-5,9-10H,3,6H2,1H3,(H,16,17)(H,18,19). The Balaban J connectivity index is 2.78. The van der Waals surface area contributed by atoms with E-state index >= 15 is 0 Å². The average molecular weight is 288 g/mol. The molecule has 1 aromatic heterocycles. The monoisotopic (exact) mass is 288 g/mol. The maximum Gasteiger partial charge on any atom is 0.326 e. The Labute approximate surface area is 113 Å². The van der Waals surface area contributed by atoms with Crippen molar-refractivity contribution in [3.05, 3.63) is 29.6 Å². The zero-order valence-corrected chi connectivity index (χ0v) is 10.7. The summed E-state index contributed by atoms with van der Waals surface area (Å²) in [7, 11) is 1.47. The van der Waals surface area contributed by atoms with Crippen LogP contribution < -0.4 is 5.32 Å². The molecule has 0 saturated heterocycles. The number of aliphatic carboxylic acids is 1. The van der Waals surface area contributed by atoms with Gasteiger partial charge in [0.2, 0.25) is 6.43 Å². The van der Waals surface area contributed by atoms with E-state index in [1.165, 1.54) is 25.6 Å². The van der Waals surface area contributed by atoms with Gasteiger partial charge in [0.25, 0.3) is 5.91 Å². The van der Waals surface area contributed by atoms with Gasteiger partial charge in [-0.1, -0.05) is 0 Å². The van der Waals surface area contributed by atoms with Crippen molar-refractivity contribution in [3.8, 4) is 0 Å². The minimum absolute atomic E-state index is 0.0834. The Morgan fingerprint density at radius 3 is 2.70 bits per heavy atom. The summed E-state index contributed by atoms with van der Waals surface area (Å²) in [6.45, 7) is 0.230. The van der Waals surface area contributed by atoms with Gasteiger partial charge in [-0.05, 0) is 11.6 Å². The van der Waals surface area contributed by atoms with Crippen molar-refractivity contribution in [3.63, 3.8) is 0 Å². The van der Waals surface area contributed by atoms with Crippen molar-refractivity contribution < 1.29 is 28.2 Å². The number of hydrogen-bond acceptors (Lipinski definition) is 4. The highest BCUT2D eigenvalue weighted by Gasteiger charge is 2.24.